The molecule has 0 atom stereocenters. The minimum Gasteiger partial charge on any atom is -0.279 e. The zero-order chi connectivity index (χ0) is 13.1. The smallest absolute Gasteiger partial charge is 0.211 e. The van der Waals surface area contributed by atoms with Crippen molar-refractivity contribution in [3.63, 3.8) is 0 Å². The third kappa shape index (κ3) is 2.58. The number of aromatic nitrogens is 1. The molecule has 0 saturated heterocycles. The zero-order valence-corrected chi connectivity index (χ0v) is 11.5. The first-order valence-corrected chi connectivity index (χ1v) is 7.18. The van der Waals surface area contributed by atoms with E-state index in [4.69, 9.17) is 0 Å². The van der Waals surface area contributed by atoms with Gasteiger partial charge in [-0.05, 0) is 30.5 Å². The number of nitrogens with one attached hydrogen (secondary N) is 1. The number of nitrogens with zero attached hydrogens (tertiary/aromatic N) is 4. The van der Waals surface area contributed by atoms with Gasteiger partial charge in [0.1, 0.15) is 12.7 Å². The molecule has 1 aromatic heterocycles. The molecule has 5 nitrogen and oxygen atoms in total. The molecule has 0 saturated carbocycles. The van der Waals surface area contributed by atoms with E-state index in [1.54, 1.807) is 29.0 Å². The van der Waals surface area contributed by atoms with Gasteiger partial charge in [-0.15, -0.1) is 10.2 Å². The number of rotatable bonds is 4. The molecule has 98 valence electrons. The van der Waals surface area contributed by atoms with E-state index in [-0.39, 0.29) is 0 Å². The van der Waals surface area contributed by atoms with E-state index in [1.807, 2.05) is 0 Å². The van der Waals surface area contributed by atoms with Crippen molar-refractivity contribution in [2.75, 3.05) is 5.01 Å². The summed E-state index contributed by atoms with van der Waals surface area (Å²) in [6.45, 7) is 2.21. The van der Waals surface area contributed by atoms with E-state index >= 15 is 0 Å². The predicted octanol–water partition coefficient (Wildman–Crippen LogP) is 2.94. The standard InChI is InChI=1S/C13H15N5S/c1-2-3-4-10-5-6-11-12(7-10)19-13(17-11)18-9-15-14-8-16-18/h5-9H,2-4H2,1H3,(H,14,16). The Labute approximate surface area is 115 Å². The molecule has 1 aliphatic rings. The van der Waals surface area contributed by atoms with E-state index in [0.29, 0.717) is 0 Å². The van der Waals surface area contributed by atoms with E-state index in [2.05, 4.69) is 45.7 Å². The summed E-state index contributed by atoms with van der Waals surface area (Å²) in [7, 11) is 0. The average Bonchev–Trinajstić information content (AvgIpc) is 2.89. The van der Waals surface area contributed by atoms with Crippen molar-refractivity contribution < 1.29 is 0 Å². The molecular formula is C13H15N5S. The van der Waals surface area contributed by atoms with Crippen molar-refractivity contribution in [1.82, 2.24) is 10.4 Å². The average molecular weight is 273 g/mol. The van der Waals surface area contributed by atoms with Crippen LogP contribution in [0.25, 0.3) is 10.2 Å². The molecule has 2 aromatic rings. The lowest BCUT2D eigenvalue weighted by Crippen LogP contribution is -2.37. The Hall–Kier alpha value is -1.95. The Balaban J connectivity index is 1.88. The summed E-state index contributed by atoms with van der Waals surface area (Å²) < 4.78 is 1.21. The largest absolute Gasteiger partial charge is 0.279 e. The van der Waals surface area contributed by atoms with Gasteiger partial charge >= 0.3 is 0 Å². The highest BCUT2D eigenvalue weighted by molar-refractivity contribution is 7.22. The molecule has 0 spiro atoms. The minimum absolute atomic E-state index is 0.873. The van der Waals surface area contributed by atoms with Gasteiger partial charge in [0.15, 0.2) is 0 Å². The number of aryl methyl sites for hydroxylation is 1. The second-order valence-electron chi connectivity index (χ2n) is 4.38. The molecule has 1 N–H and O–H groups in total. The molecule has 1 aromatic carbocycles. The Morgan fingerprint density at radius 2 is 2.26 bits per heavy atom. The van der Waals surface area contributed by atoms with Crippen LogP contribution in [0.2, 0.25) is 0 Å². The molecule has 3 rings (SSSR count). The zero-order valence-electron chi connectivity index (χ0n) is 10.7. The predicted molar refractivity (Wildman–Crippen MR) is 80.8 cm³/mol. The summed E-state index contributed by atoms with van der Waals surface area (Å²) in [5.41, 5.74) is 5.39. The first kappa shape index (κ1) is 12.1. The maximum atomic E-state index is 4.59. The molecule has 6 heteroatoms. The highest BCUT2D eigenvalue weighted by Crippen LogP contribution is 2.28. The lowest BCUT2D eigenvalue weighted by atomic mass is 10.1. The lowest BCUT2D eigenvalue weighted by molar-refractivity contribution is 0.796. The summed E-state index contributed by atoms with van der Waals surface area (Å²) in [4.78, 5) is 4.59. The highest BCUT2D eigenvalue weighted by atomic mass is 32.1. The van der Waals surface area contributed by atoms with Crippen LogP contribution in [0, 0.1) is 0 Å². The van der Waals surface area contributed by atoms with Crippen molar-refractivity contribution in [2.24, 2.45) is 10.2 Å². The van der Waals surface area contributed by atoms with E-state index < -0.39 is 0 Å². The molecule has 0 aliphatic carbocycles. The van der Waals surface area contributed by atoms with Gasteiger partial charge in [-0.1, -0.05) is 30.7 Å². The maximum absolute atomic E-state index is 4.59. The van der Waals surface area contributed by atoms with Crippen LogP contribution in [0.3, 0.4) is 0 Å². The van der Waals surface area contributed by atoms with Crippen molar-refractivity contribution in [3.8, 4) is 0 Å². The quantitative estimate of drug-likeness (QED) is 0.931. The van der Waals surface area contributed by atoms with Gasteiger partial charge in [-0.2, -0.15) is 0 Å². The number of hydrogen-bond donors (Lipinski definition) is 1. The van der Waals surface area contributed by atoms with Gasteiger partial charge in [0.05, 0.1) is 10.2 Å². The summed E-state index contributed by atoms with van der Waals surface area (Å²) in [5, 5.41) is 10.2. The van der Waals surface area contributed by atoms with E-state index in [0.717, 1.165) is 17.1 Å². The Kier molecular flexibility index (Phi) is 3.41. The molecular weight excluding hydrogens is 258 g/mol. The van der Waals surface area contributed by atoms with Gasteiger partial charge in [-0.3, -0.25) is 5.43 Å². The van der Waals surface area contributed by atoms with Crippen LogP contribution in [0.4, 0.5) is 5.13 Å². The monoisotopic (exact) mass is 273 g/mol. The Morgan fingerprint density at radius 1 is 1.32 bits per heavy atom. The van der Waals surface area contributed by atoms with Crippen molar-refractivity contribution in [1.29, 1.82) is 0 Å². The fraction of sp³-hybridized carbons (Fsp3) is 0.308. The summed E-state index contributed by atoms with van der Waals surface area (Å²) in [6, 6.07) is 6.50. The van der Waals surface area contributed by atoms with Gasteiger partial charge in [-0.25, -0.2) is 9.99 Å². The molecule has 0 amide bonds. The SMILES string of the molecule is CCCCc1ccc2nc(N3C=NN=CN3)sc2c1. The molecule has 1 aliphatic heterocycles. The molecule has 0 radical (unpaired) electrons. The number of thiazole rings is 1. The van der Waals surface area contributed by atoms with Crippen LogP contribution in [0.5, 0.6) is 0 Å². The van der Waals surface area contributed by atoms with Crippen molar-refractivity contribution in [2.45, 2.75) is 26.2 Å². The first-order valence-electron chi connectivity index (χ1n) is 6.36. The van der Waals surface area contributed by atoms with Crippen LogP contribution in [-0.4, -0.2) is 17.7 Å². The van der Waals surface area contributed by atoms with Crippen LogP contribution in [-0.2, 0) is 6.42 Å². The van der Waals surface area contributed by atoms with Gasteiger partial charge in [0.2, 0.25) is 5.13 Å². The van der Waals surface area contributed by atoms with Crippen molar-refractivity contribution >= 4 is 39.4 Å². The van der Waals surface area contributed by atoms with Gasteiger partial charge in [0.25, 0.3) is 0 Å². The Morgan fingerprint density at radius 3 is 3.05 bits per heavy atom. The fourth-order valence-electron chi connectivity index (χ4n) is 1.94. The second-order valence-corrected chi connectivity index (χ2v) is 5.39. The third-order valence-electron chi connectivity index (χ3n) is 2.95. The summed E-state index contributed by atoms with van der Waals surface area (Å²) in [5.74, 6) is 0. The second kappa shape index (κ2) is 5.36. The van der Waals surface area contributed by atoms with Gasteiger partial charge in [0, 0.05) is 0 Å². The normalized spacial score (nSPS) is 14.1. The molecule has 0 bridgehead atoms. The number of hydrazine groups is 1. The molecule has 0 unspecified atom stereocenters. The van der Waals surface area contributed by atoms with E-state index in [9.17, 15) is 0 Å². The fourth-order valence-corrected chi connectivity index (χ4v) is 2.90. The maximum Gasteiger partial charge on any atom is 0.211 e. The summed E-state index contributed by atoms with van der Waals surface area (Å²) >= 11 is 1.65. The van der Waals surface area contributed by atoms with Gasteiger partial charge < -0.3 is 0 Å². The molecule has 2 heterocycles. The van der Waals surface area contributed by atoms with Crippen LogP contribution in [0.1, 0.15) is 25.3 Å². The van der Waals surface area contributed by atoms with Crippen LogP contribution in [0.15, 0.2) is 28.4 Å². The minimum atomic E-state index is 0.873. The molecule has 0 fully saturated rings. The number of fused-ring (bicyclic) bond motifs is 1. The van der Waals surface area contributed by atoms with Crippen molar-refractivity contribution in [3.05, 3.63) is 23.8 Å². The number of benzene rings is 1. The topological polar surface area (TPSA) is 52.9 Å². The Bertz CT molecular complexity index is 631. The first-order chi connectivity index (χ1) is 9.36. The number of hydrogen-bond acceptors (Lipinski definition) is 6. The highest BCUT2D eigenvalue weighted by Gasteiger charge is 2.11. The molecule has 19 heavy (non-hydrogen) atoms. The number of unbranched alkanes of at least 4 members (excludes halogenated alkanes) is 1. The lowest BCUT2D eigenvalue weighted by Gasteiger charge is -2.15. The van der Waals surface area contributed by atoms with Crippen LogP contribution < -0.4 is 10.4 Å². The van der Waals surface area contributed by atoms with E-state index in [1.165, 1.54) is 23.1 Å². The summed E-state index contributed by atoms with van der Waals surface area (Å²) in [6.07, 6.45) is 6.75. The third-order valence-corrected chi connectivity index (χ3v) is 3.97. The number of anilines is 1. The van der Waals surface area contributed by atoms with Crippen LogP contribution >= 0.6 is 11.3 Å².